The fourth-order valence-corrected chi connectivity index (χ4v) is 4.23. The Kier molecular flexibility index (Phi) is 6.98. The van der Waals surface area contributed by atoms with Crippen LogP contribution >= 0.6 is 0 Å². The van der Waals surface area contributed by atoms with E-state index in [9.17, 15) is 13.2 Å². The van der Waals surface area contributed by atoms with Crippen molar-refractivity contribution in [3.05, 3.63) is 53.6 Å². The van der Waals surface area contributed by atoms with Crippen LogP contribution < -0.4 is 10.1 Å². The zero-order valence-corrected chi connectivity index (χ0v) is 17.0. The van der Waals surface area contributed by atoms with E-state index in [-0.39, 0.29) is 17.2 Å². The average Bonchev–Trinajstić information content (AvgIpc) is 2.64. The van der Waals surface area contributed by atoms with E-state index in [0.29, 0.717) is 24.5 Å². The van der Waals surface area contributed by atoms with E-state index in [1.165, 1.54) is 23.5 Å². The Morgan fingerprint density at radius 1 is 1.07 bits per heavy atom. The van der Waals surface area contributed by atoms with Crippen LogP contribution in [0.1, 0.15) is 25.0 Å². The molecule has 0 heterocycles. The SMILES string of the molecule is CCN(CC)S(=O)(=O)c1ccc(OC)c(NC(=O)Cc2ccc(C)cc2)c1. The maximum Gasteiger partial charge on any atom is 0.243 e. The molecule has 146 valence electrons. The first-order chi connectivity index (χ1) is 12.8. The molecule has 0 radical (unpaired) electrons. The zero-order chi connectivity index (χ0) is 20.0. The van der Waals surface area contributed by atoms with E-state index in [0.717, 1.165) is 11.1 Å². The number of hydrogen-bond acceptors (Lipinski definition) is 4. The molecule has 2 rings (SSSR count). The van der Waals surface area contributed by atoms with Gasteiger partial charge in [0.15, 0.2) is 0 Å². The van der Waals surface area contributed by atoms with Crippen molar-refractivity contribution >= 4 is 21.6 Å². The van der Waals surface area contributed by atoms with Crippen LogP contribution in [0.15, 0.2) is 47.4 Å². The summed E-state index contributed by atoms with van der Waals surface area (Å²) in [6.45, 7) is 6.31. The first-order valence-corrected chi connectivity index (χ1v) is 10.3. The third kappa shape index (κ3) is 5.08. The Hall–Kier alpha value is -2.38. The number of nitrogens with zero attached hydrogens (tertiary/aromatic N) is 1. The lowest BCUT2D eigenvalue weighted by atomic mass is 10.1. The van der Waals surface area contributed by atoms with E-state index in [1.807, 2.05) is 31.2 Å². The molecule has 7 heteroatoms. The van der Waals surface area contributed by atoms with Crippen LogP contribution in [-0.2, 0) is 21.2 Å². The molecule has 2 aromatic carbocycles. The van der Waals surface area contributed by atoms with Crippen LogP contribution in [0.25, 0.3) is 0 Å². The summed E-state index contributed by atoms with van der Waals surface area (Å²) < 4.78 is 32.1. The number of benzene rings is 2. The highest BCUT2D eigenvalue weighted by Crippen LogP contribution is 2.29. The van der Waals surface area contributed by atoms with Crippen LogP contribution in [0.2, 0.25) is 0 Å². The molecule has 27 heavy (non-hydrogen) atoms. The fraction of sp³-hybridized carbons (Fsp3) is 0.350. The summed E-state index contributed by atoms with van der Waals surface area (Å²) in [5, 5.41) is 2.77. The van der Waals surface area contributed by atoms with E-state index < -0.39 is 10.0 Å². The van der Waals surface area contributed by atoms with Gasteiger partial charge in [-0.25, -0.2) is 8.42 Å². The molecule has 6 nitrogen and oxygen atoms in total. The largest absolute Gasteiger partial charge is 0.495 e. The van der Waals surface area contributed by atoms with Gasteiger partial charge in [-0.1, -0.05) is 43.7 Å². The number of hydrogen-bond donors (Lipinski definition) is 1. The number of methoxy groups -OCH3 is 1. The normalized spacial score (nSPS) is 11.4. The topological polar surface area (TPSA) is 75.7 Å². The van der Waals surface area contributed by atoms with Crippen LogP contribution in [0.4, 0.5) is 5.69 Å². The van der Waals surface area contributed by atoms with Gasteiger partial charge in [0.25, 0.3) is 0 Å². The minimum Gasteiger partial charge on any atom is -0.495 e. The van der Waals surface area contributed by atoms with Gasteiger partial charge >= 0.3 is 0 Å². The van der Waals surface area contributed by atoms with E-state index in [2.05, 4.69) is 5.32 Å². The van der Waals surface area contributed by atoms with Crippen molar-refractivity contribution in [1.82, 2.24) is 4.31 Å². The third-order valence-corrected chi connectivity index (χ3v) is 6.32. The van der Waals surface area contributed by atoms with Crippen LogP contribution in [0.5, 0.6) is 5.75 Å². The molecule has 0 aliphatic rings. The number of carbonyl (C=O) groups excluding carboxylic acids is 1. The number of amides is 1. The molecule has 1 amide bonds. The van der Waals surface area contributed by atoms with Gasteiger partial charge < -0.3 is 10.1 Å². The number of anilines is 1. The summed E-state index contributed by atoms with van der Waals surface area (Å²) in [6.07, 6.45) is 0.191. The summed E-state index contributed by atoms with van der Waals surface area (Å²) in [5.74, 6) is 0.167. The van der Waals surface area contributed by atoms with Gasteiger partial charge in [-0.15, -0.1) is 0 Å². The lowest BCUT2D eigenvalue weighted by Crippen LogP contribution is -2.30. The Morgan fingerprint density at radius 3 is 2.26 bits per heavy atom. The molecule has 0 aliphatic heterocycles. The van der Waals surface area contributed by atoms with Gasteiger partial charge in [0, 0.05) is 13.1 Å². The van der Waals surface area contributed by atoms with Crippen molar-refractivity contribution < 1.29 is 17.9 Å². The number of carbonyl (C=O) groups is 1. The molecule has 0 aliphatic carbocycles. The summed E-state index contributed by atoms with van der Waals surface area (Å²) in [5.41, 5.74) is 2.34. The monoisotopic (exact) mass is 390 g/mol. The molecule has 0 atom stereocenters. The lowest BCUT2D eigenvalue weighted by molar-refractivity contribution is -0.115. The second kappa shape index (κ2) is 9.01. The number of rotatable bonds is 8. The lowest BCUT2D eigenvalue weighted by Gasteiger charge is -2.19. The van der Waals surface area contributed by atoms with Gasteiger partial charge in [0.05, 0.1) is 24.1 Å². The molecular weight excluding hydrogens is 364 g/mol. The predicted octanol–water partition coefficient (Wildman–Crippen LogP) is 3.22. The van der Waals surface area contributed by atoms with Crippen molar-refractivity contribution in [1.29, 1.82) is 0 Å². The maximum absolute atomic E-state index is 12.7. The molecule has 0 unspecified atom stereocenters. The Balaban J connectivity index is 2.27. The van der Waals surface area contributed by atoms with Gasteiger partial charge in [-0.2, -0.15) is 4.31 Å². The van der Waals surface area contributed by atoms with Crippen molar-refractivity contribution in [2.45, 2.75) is 32.1 Å². The third-order valence-electron chi connectivity index (χ3n) is 4.27. The molecule has 0 bridgehead atoms. The van der Waals surface area contributed by atoms with Crippen LogP contribution in [-0.4, -0.2) is 38.8 Å². The van der Waals surface area contributed by atoms with Crippen molar-refractivity contribution in [3.8, 4) is 5.75 Å². The maximum atomic E-state index is 12.7. The number of aryl methyl sites for hydroxylation is 1. The van der Waals surface area contributed by atoms with Crippen molar-refractivity contribution in [2.75, 3.05) is 25.5 Å². The van der Waals surface area contributed by atoms with Crippen molar-refractivity contribution in [2.24, 2.45) is 0 Å². The zero-order valence-electron chi connectivity index (χ0n) is 16.2. The molecule has 0 fully saturated rings. The highest BCUT2D eigenvalue weighted by Gasteiger charge is 2.23. The minimum absolute atomic E-state index is 0.123. The van der Waals surface area contributed by atoms with E-state index in [1.54, 1.807) is 19.9 Å². The Labute approximate surface area is 161 Å². The number of nitrogens with one attached hydrogen (secondary N) is 1. The molecule has 1 N–H and O–H groups in total. The minimum atomic E-state index is -3.62. The molecule has 0 aromatic heterocycles. The van der Waals surface area contributed by atoms with Crippen molar-refractivity contribution in [3.63, 3.8) is 0 Å². The first kappa shape index (κ1) is 20.9. The molecule has 2 aromatic rings. The molecule has 0 saturated heterocycles. The highest BCUT2D eigenvalue weighted by atomic mass is 32.2. The number of sulfonamides is 1. The van der Waals surface area contributed by atoms with Gasteiger partial charge in [-0.05, 0) is 30.7 Å². The molecule has 0 saturated carbocycles. The Bertz CT molecular complexity index is 889. The molecular formula is C20H26N2O4S. The molecule has 0 spiro atoms. The smallest absolute Gasteiger partial charge is 0.243 e. The average molecular weight is 391 g/mol. The summed E-state index contributed by atoms with van der Waals surface area (Å²) in [7, 11) is -2.15. The first-order valence-electron chi connectivity index (χ1n) is 8.85. The summed E-state index contributed by atoms with van der Waals surface area (Å²) in [4.78, 5) is 12.5. The van der Waals surface area contributed by atoms with Gasteiger partial charge in [0.2, 0.25) is 15.9 Å². The summed E-state index contributed by atoms with van der Waals surface area (Å²) in [6, 6.07) is 12.2. The van der Waals surface area contributed by atoms with Crippen LogP contribution in [0, 0.1) is 6.92 Å². The van der Waals surface area contributed by atoms with Crippen LogP contribution in [0.3, 0.4) is 0 Å². The van der Waals surface area contributed by atoms with E-state index in [4.69, 9.17) is 4.74 Å². The highest BCUT2D eigenvalue weighted by molar-refractivity contribution is 7.89. The Morgan fingerprint density at radius 2 is 1.70 bits per heavy atom. The second-order valence-corrected chi connectivity index (χ2v) is 8.10. The van der Waals surface area contributed by atoms with Gasteiger partial charge in [-0.3, -0.25) is 4.79 Å². The summed E-state index contributed by atoms with van der Waals surface area (Å²) >= 11 is 0. The van der Waals surface area contributed by atoms with Gasteiger partial charge in [0.1, 0.15) is 5.75 Å². The quantitative estimate of drug-likeness (QED) is 0.751. The second-order valence-electron chi connectivity index (χ2n) is 6.16. The predicted molar refractivity (Wildman–Crippen MR) is 107 cm³/mol. The number of ether oxygens (including phenoxy) is 1. The standard InChI is InChI=1S/C20H26N2O4S/c1-5-22(6-2)27(24,25)17-11-12-19(26-4)18(14-17)21-20(23)13-16-9-7-15(3)8-10-16/h7-12,14H,5-6,13H2,1-4H3,(H,21,23). The fourth-order valence-electron chi connectivity index (χ4n) is 2.74. The van der Waals surface area contributed by atoms with E-state index >= 15 is 0 Å².